The molecule has 1 aliphatic carbocycles. The fourth-order valence-corrected chi connectivity index (χ4v) is 11.3. The fraction of sp³-hybridized carbons (Fsp3) is 0.519. The lowest BCUT2D eigenvalue weighted by Gasteiger charge is -2.47. The number of nitrogens with two attached hydrogens (primary N) is 2. The number of rotatable bonds is 17. The predicted molar refractivity (Wildman–Crippen MR) is 284 cm³/mol. The summed E-state index contributed by atoms with van der Waals surface area (Å²) in [4.78, 5) is 65.3. The number of phenols is 1. The van der Waals surface area contributed by atoms with Crippen molar-refractivity contribution in [2.75, 3.05) is 45.2 Å². The van der Waals surface area contributed by atoms with Crippen LogP contribution in [0, 0.1) is 24.2 Å². The summed E-state index contributed by atoms with van der Waals surface area (Å²) in [6.07, 6.45) is 9.01. The number of β-amino-alcohol motifs (C(OH)–C–C–N with tert-alkyl or cyclic N) is 1. The molecule has 2 unspecified atom stereocenters. The predicted octanol–water partition coefficient (Wildman–Crippen LogP) is 5.30. The molecule has 9 N–H and O–H groups in total. The number of carbonyl (C=O) groups is 3. The molecule has 4 heterocycles. The van der Waals surface area contributed by atoms with Crippen LogP contribution in [0.25, 0.3) is 16.1 Å². The van der Waals surface area contributed by atoms with E-state index < -0.39 is 23.6 Å². The van der Waals surface area contributed by atoms with Gasteiger partial charge in [-0.05, 0) is 93.7 Å². The van der Waals surface area contributed by atoms with Gasteiger partial charge in [0.1, 0.15) is 23.7 Å². The van der Waals surface area contributed by atoms with Gasteiger partial charge in [0, 0.05) is 100.0 Å². The molecule has 5 atom stereocenters. The number of hydrogen-bond donors (Lipinski definition) is 7. The maximum absolute atomic E-state index is 14.3. The first-order chi connectivity index (χ1) is 34.3. The van der Waals surface area contributed by atoms with Crippen molar-refractivity contribution in [2.24, 2.45) is 28.7 Å². The van der Waals surface area contributed by atoms with Gasteiger partial charge < -0.3 is 57.2 Å². The number of aromatic hydroxyl groups is 1. The minimum Gasteiger partial charge on any atom is -0.507 e. The Morgan fingerprint density at radius 2 is 1.65 bits per heavy atom. The number of thiazole rings is 1. The number of nitrogens with zero attached hydrogens (tertiary/aromatic N) is 7. The highest BCUT2D eigenvalue weighted by atomic mass is 32.1. The summed E-state index contributed by atoms with van der Waals surface area (Å²) >= 11 is 1.59. The first-order valence-corrected chi connectivity index (χ1v) is 26.2. The molecule has 72 heavy (non-hydrogen) atoms. The minimum atomic E-state index is -0.872. The Kier molecular flexibility index (Phi) is 17.5. The first kappa shape index (κ1) is 53.6. The number of para-hydroxylation sites is 1. The van der Waals surface area contributed by atoms with E-state index in [9.17, 15) is 24.6 Å². The van der Waals surface area contributed by atoms with E-state index in [-0.39, 0.29) is 61.0 Å². The van der Waals surface area contributed by atoms with Crippen LogP contribution in [0.4, 0.5) is 5.95 Å². The van der Waals surface area contributed by atoms with Crippen molar-refractivity contribution in [1.82, 2.24) is 45.6 Å². The number of phenolic OH excluding ortho intramolecular Hbond substituents is 1. The number of aliphatic hydroxyl groups is 1. The van der Waals surface area contributed by atoms with E-state index in [1.54, 1.807) is 36.6 Å². The zero-order chi connectivity index (χ0) is 51.9. The summed E-state index contributed by atoms with van der Waals surface area (Å²) in [7, 11) is 3.89. The van der Waals surface area contributed by atoms with Gasteiger partial charge in [0.05, 0.1) is 27.9 Å². The van der Waals surface area contributed by atoms with Gasteiger partial charge in [-0.25, -0.2) is 15.0 Å². The smallest absolute Gasteiger partial charge is 0.246 e. The van der Waals surface area contributed by atoms with Gasteiger partial charge in [-0.15, -0.1) is 11.3 Å². The zero-order valence-corrected chi connectivity index (χ0v) is 44.1. The van der Waals surface area contributed by atoms with Crippen LogP contribution in [-0.4, -0.2) is 128 Å². The largest absolute Gasteiger partial charge is 0.507 e. The lowest BCUT2D eigenvalue weighted by Crippen LogP contribution is -2.58. The molecule has 3 aliphatic rings. The summed E-state index contributed by atoms with van der Waals surface area (Å²) in [5.41, 5.74) is 19.9. The fourth-order valence-electron chi connectivity index (χ4n) is 10.5. The number of likely N-dealkylation sites (tertiary alicyclic amines) is 1. The average Bonchev–Trinajstić information content (AvgIpc) is 3.98. The van der Waals surface area contributed by atoms with Crippen molar-refractivity contribution < 1.29 is 24.6 Å². The molecule has 2 saturated heterocycles. The van der Waals surface area contributed by atoms with E-state index in [2.05, 4.69) is 56.5 Å². The molecule has 0 bridgehead atoms. The van der Waals surface area contributed by atoms with E-state index in [1.807, 2.05) is 82.0 Å². The van der Waals surface area contributed by atoms with Gasteiger partial charge in [0.2, 0.25) is 23.7 Å². The zero-order valence-electron chi connectivity index (χ0n) is 43.3. The van der Waals surface area contributed by atoms with Crippen LogP contribution >= 0.6 is 11.3 Å². The molecule has 2 aliphatic heterocycles. The third-order valence-corrected chi connectivity index (χ3v) is 15.5. The van der Waals surface area contributed by atoms with Crippen molar-refractivity contribution >= 4 is 40.7 Å². The molecule has 7 rings (SSSR count). The van der Waals surface area contributed by atoms with Crippen LogP contribution in [0.1, 0.15) is 95.5 Å². The Hall–Kier alpha value is -6.24. The molecular weight excluding hydrogens is 929 g/mol. The quantitative estimate of drug-likeness (QED) is 0.0667. The van der Waals surface area contributed by atoms with Gasteiger partial charge >= 0.3 is 0 Å². The molecule has 3 amide bonds. The third kappa shape index (κ3) is 12.9. The van der Waals surface area contributed by atoms with Gasteiger partial charge in [-0.2, -0.15) is 0 Å². The monoisotopic (exact) mass is 1000 g/mol. The molecule has 3 fully saturated rings. The normalized spacial score (nSPS) is 22.6. The van der Waals surface area contributed by atoms with Gasteiger partial charge in [-0.1, -0.05) is 64.1 Å². The van der Waals surface area contributed by atoms with E-state index >= 15 is 0 Å². The van der Waals surface area contributed by atoms with Crippen LogP contribution < -0.4 is 32.3 Å². The van der Waals surface area contributed by atoms with Crippen LogP contribution in [0.15, 0.2) is 84.0 Å². The summed E-state index contributed by atoms with van der Waals surface area (Å²) in [5, 5.41) is 30.3. The second kappa shape index (κ2) is 23.5. The molecule has 1 saturated carbocycles. The number of nitrogens with one attached hydrogen (secondary N) is 3. The standard InChI is InChI=1S/C54H76N12O5S/c1-9-40-30-64(44(49(56)57-7)23-43(55)42-12-10-11-13-46(42)68)27-33(2)66(40)53-59-25-37(26-60-53)29-63(8)28-36-16-20-39(21-17-36)50(69)62-48(54(4,5)6)52(71)65-31-41(67)22-45(65)51(70)58-24-35-14-18-38(19-15-35)47-34(3)61-32-72-47/h10-15,18-19,23,25-26,32-33,36,39-41,45,48,57,67-68H,9,16-17,20-22,24,27-31,55-56H2,1-8H3,(H,58,70)(H,62,69)/b43-23-,49-44+/t33?,36?,39?,40?,41-,45+,48-/m1/s1. The SMILES string of the molecule is CCC1CN(C(/C=C(\N)c2ccccc2O)=C(\N)NC)CC(C)N1c1ncc(CN(C)CC2CCC(C(=O)N[C@H](C(=O)N3C[C@H](O)C[C@H]3C(=O)NCc3ccc(-c4scnc4C)cc3)C(C)(C)C)CC2)cn1. The molecule has 2 aromatic carbocycles. The Bertz CT molecular complexity index is 2550. The molecule has 4 aromatic rings. The molecule has 18 heteroatoms. The Labute approximate surface area is 429 Å². The molecule has 0 radical (unpaired) electrons. The van der Waals surface area contributed by atoms with Gasteiger partial charge in [-0.3, -0.25) is 14.4 Å². The number of aliphatic hydroxyl groups excluding tert-OH is 1. The summed E-state index contributed by atoms with van der Waals surface area (Å²) in [5.74, 6) is 0.631. The maximum atomic E-state index is 14.3. The molecule has 0 spiro atoms. The number of carbonyl (C=O) groups excluding carboxylic acids is 3. The molecule has 2 aromatic heterocycles. The van der Waals surface area contributed by atoms with Crippen molar-refractivity contribution in [2.45, 2.75) is 123 Å². The number of benzene rings is 2. The van der Waals surface area contributed by atoms with E-state index in [0.717, 1.165) is 58.8 Å². The lowest BCUT2D eigenvalue weighted by atomic mass is 9.80. The Morgan fingerprint density at radius 3 is 2.28 bits per heavy atom. The second-order valence-corrected chi connectivity index (χ2v) is 21.9. The van der Waals surface area contributed by atoms with Crippen molar-refractivity contribution in [1.29, 1.82) is 0 Å². The molecule has 17 nitrogen and oxygen atoms in total. The Morgan fingerprint density at radius 1 is 0.958 bits per heavy atom. The topological polar surface area (TPSA) is 231 Å². The number of aromatic nitrogens is 3. The van der Waals surface area contributed by atoms with E-state index in [0.29, 0.717) is 61.4 Å². The van der Waals surface area contributed by atoms with Crippen LogP contribution in [0.3, 0.4) is 0 Å². The average molecular weight is 1010 g/mol. The molecule has 388 valence electrons. The van der Waals surface area contributed by atoms with Crippen molar-refractivity contribution in [3.8, 4) is 16.2 Å². The van der Waals surface area contributed by atoms with Crippen LogP contribution in [0.2, 0.25) is 0 Å². The third-order valence-electron chi connectivity index (χ3n) is 14.5. The number of amides is 3. The summed E-state index contributed by atoms with van der Waals surface area (Å²) < 4.78 is 0. The van der Waals surface area contributed by atoms with Gasteiger partial charge in [0.25, 0.3) is 0 Å². The van der Waals surface area contributed by atoms with Crippen molar-refractivity contribution in [3.05, 3.63) is 106 Å². The minimum absolute atomic E-state index is 0.0264. The Balaban J connectivity index is 0.886. The number of piperazine rings is 1. The van der Waals surface area contributed by atoms with Crippen LogP contribution in [0.5, 0.6) is 5.75 Å². The number of anilines is 1. The summed E-state index contributed by atoms with van der Waals surface area (Å²) in [6, 6.07) is 13.4. The highest BCUT2D eigenvalue weighted by Gasteiger charge is 2.45. The van der Waals surface area contributed by atoms with Gasteiger partial charge in [0.15, 0.2) is 0 Å². The highest BCUT2D eigenvalue weighted by Crippen LogP contribution is 2.33. The first-order valence-electron chi connectivity index (χ1n) is 25.4. The highest BCUT2D eigenvalue weighted by molar-refractivity contribution is 7.13. The maximum Gasteiger partial charge on any atom is 0.246 e. The number of allylic oxidation sites excluding steroid dienone is 1. The summed E-state index contributed by atoms with van der Waals surface area (Å²) in [6.45, 7) is 15.2. The van der Waals surface area contributed by atoms with Crippen LogP contribution in [-0.2, 0) is 27.5 Å². The number of hydrogen-bond acceptors (Lipinski definition) is 15. The van der Waals surface area contributed by atoms with Crippen molar-refractivity contribution in [3.63, 3.8) is 0 Å². The lowest BCUT2D eigenvalue weighted by molar-refractivity contribution is -0.144. The van der Waals surface area contributed by atoms with E-state index in [1.165, 1.54) is 4.90 Å². The second-order valence-electron chi connectivity index (χ2n) is 21.1. The van der Waals surface area contributed by atoms with E-state index in [4.69, 9.17) is 21.4 Å². The number of aryl methyl sites for hydroxylation is 1. The molecular formula is C54H76N12O5S.